The SMILES string of the molecule is C#CC(CC)NC(=O)c1ccc(F)c(C)c1. The third-order valence-electron chi connectivity index (χ3n) is 2.33. The predicted octanol–water partition coefficient (Wildman–Crippen LogP) is 2.28. The fourth-order valence-electron chi connectivity index (χ4n) is 1.29. The van der Waals surface area contributed by atoms with Crippen LogP contribution in [0.5, 0.6) is 0 Å². The molecule has 0 aliphatic carbocycles. The molecule has 0 aromatic heterocycles. The van der Waals surface area contributed by atoms with Gasteiger partial charge in [-0.3, -0.25) is 4.79 Å². The van der Waals surface area contributed by atoms with Crippen LogP contribution in [-0.4, -0.2) is 11.9 Å². The number of amides is 1. The number of hydrogen-bond donors (Lipinski definition) is 1. The second-order valence-corrected chi connectivity index (χ2v) is 3.56. The number of rotatable bonds is 3. The van der Waals surface area contributed by atoms with E-state index in [9.17, 15) is 9.18 Å². The minimum atomic E-state index is -0.319. The molecule has 1 N–H and O–H groups in total. The number of halogens is 1. The van der Waals surface area contributed by atoms with Gasteiger partial charge >= 0.3 is 0 Å². The molecule has 0 aliphatic rings. The highest BCUT2D eigenvalue weighted by molar-refractivity contribution is 5.94. The van der Waals surface area contributed by atoms with Gasteiger partial charge in [-0.1, -0.05) is 12.8 Å². The topological polar surface area (TPSA) is 29.1 Å². The third-order valence-corrected chi connectivity index (χ3v) is 2.33. The second kappa shape index (κ2) is 5.32. The Morgan fingerprint density at radius 1 is 1.62 bits per heavy atom. The second-order valence-electron chi connectivity index (χ2n) is 3.56. The molecular formula is C13H14FNO. The lowest BCUT2D eigenvalue weighted by Crippen LogP contribution is -2.33. The van der Waals surface area contributed by atoms with Crippen molar-refractivity contribution >= 4 is 5.91 Å². The molecule has 1 atom stereocenters. The number of carbonyl (C=O) groups is 1. The Labute approximate surface area is 94.9 Å². The zero-order valence-corrected chi connectivity index (χ0v) is 9.38. The van der Waals surface area contributed by atoms with Gasteiger partial charge in [-0.15, -0.1) is 6.42 Å². The zero-order chi connectivity index (χ0) is 12.1. The summed E-state index contributed by atoms with van der Waals surface area (Å²) in [4.78, 5) is 11.7. The lowest BCUT2D eigenvalue weighted by atomic mass is 10.1. The minimum absolute atomic E-state index is 0.270. The van der Waals surface area contributed by atoms with Gasteiger partial charge in [0, 0.05) is 5.56 Å². The van der Waals surface area contributed by atoms with Crippen molar-refractivity contribution in [3.63, 3.8) is 0 Å². The van der Waals surface area contributed by atoms with E-state index < -0.39 is 0 Å². The third kappa shape index (κ3) is 2.83. The van der Waals surface area contributed by atoms with Crippen LogP contribution in [0.15, 0.2) is 18.2 Å². The first-order chi connectivity index (χ1) is 7.58. The summed E-state index contributed by atoms with van der Waals surface area (Å²) < 4.78 is 13.0. The Morgan fingerprint density at radius 2 is 2.31 bits per heavy atom. The smallest absolute Gasteiger partial charge is 0.252 e. The maximum Gasteiger partial charge on any atom is 0.252 e. The number of carbonyl (C=O) groups excluding carboxylic acids is 1. The Hall–Kier alpha value is -1.82. The molecular weight excluding hydrogens is 205 g/mol. The zero-order valence-electron chi connectivity index (χ0n) is 9.38. The van der Waals surface area contributed by atoms with Crippen LogP contribution in [-0.2, 0) is 0 Å². The predicted molar refractivity (Wildman–Crippen MR) is 61.5 cm³/mol. The van der Waals surface area contributed by atoms with Crippen molar-refractivity contribution in [1.29, 1.82) is 0 Å². The molecule has 84 valence electrons. The molecule has 16 heavy (non-hydrogen) atoms. The molecule has 0 radical (unpaired) electrons. The van der Waals surface area contributed by atoms with Gasteiger partial charge in [0.1, 0.15) is 5.82 Å². The molecule has 1 aromatic carbocycles. The van der Waals surface area contributed by atoms with E-state index in [4.69, 9.17) is 6.42 Å². The lowest BCUT2D eigenvalue weighted by Gasteiger charge is -2.11. The van der Waals surface area contributed by atoms with E-state index in [2.05, 4.69) is 11.2 Å². The average molecular weight is 219 g/mol. The summed E-state index contributed by atoms with van der Waals surface area (Å²) in [5.41, 5.74) is 0.869. The number of hydrogen-bond acceptors (Lipinski definition) is 1. The Kier molecular flexibility index (Phi) is 4.07. The molecule has 2 nitrogen and oxygen atoms in total. The number of terminal acetylenes is 1. The number of aryl methyl sites for hydroxylation is 1. The van der Waals surface area contributed by atoms with E-state index in [-0.39, 0.29) is 17.8 Å². The lowest BCUT2D eigenvalue weighted by molar-refractivity contribution is 0.0945. The van der Waals surface area contributed by atoms with Gasteiger partial charge in [0.05, 0.1) is 6.04 Å². The van der Waals surface area contributed by atoms with Gasteiger partial charge in [-0.05, 0) is 37.1 Å². The van der Waals surface area contributed by atoms with Gasteiger partial charge < -0.3 is 5.32 Å². The molecule has 0 bridgehead atoms. The van der Waals surface area contributed by atoms with E-state index in [1.165, 1.54) is 18.2 Å². The molecule has 1 amide bonds. The first-order valence-corrected chi connectivity index (χ1v) is 5.11. The monoisotopic (exact) mass is 219 g/mol. The Morgan fingerprint density at radius 3 is 2.81 bits per heavy atom. The highest BCUT2D eigenvalue weighted by Crippen LogP contribution is 2.09. The normalized spacial score (nSPS) is 11.6. The molecule has 3 heteroatoms. The van der Waals surface area contributed by atoms with Crippen molar-refractivity contribution in [3.8, 4) is 12.3 Å². The molecule has 1 aromatic rings. The van der Waals surface area contributed by atoms with Crippen LogP contribution in [0.25, 0.3) is 0 Å². The summed E-state index contributed by atoms with van der Waals surface area (Å²) >= 11 is 0. The highest BCUT2D eigenvalue weighted by atomic mass is 19.1. The molecule has 0 fully saturated rings. The van der Waals surface area contributed by atoms with E-state index in [0.717, 1.165) is 0 Å². The molecule has 1 unspecified atom stereocenters. The van der Waals surface area contributed by atoms with Crippen LogP contribution < -0.4 is 5.32 Å². The van der Waals surface area contributed by atoms with Gasteiger partial charge in [0.25, 0.3) is 5.91 Å². The van der Waals surface area contributed by atoms with Crippen molar-refractivity contribution in [2.75, 3.05) is 0 Å². The minimum Gasteiger partial charge on any atom is -0.338 e. The van der Waals surface area contributed by atoms with E-state index >= 15 is 0 Å². The molecule has 0 heterocycles. The fourth-order valence-corrected chi connectivity index (χ4v) is 1.29. The van der Waals surface area contributed by atoms with Crippen molar-refractivity contribution in [2.45, 2.75) is 26.3 Å². The quantitative estimate of drug-likeness (QED) is 0.776. The van der Waals surface area contributed by atoms with Gasteiger partial charge in [0.15, 0.2) is 0 Å². The van der Waals surface area contributed by atoms with Crippen molar-refractivity contribution in [3.05, 3.63) is 35.1 Å². The van der Waals surface area contributed by atoms with Crippen LogP contribution in [0, 0.1) is 25.1 Å². The van der Waals surface area contributed by atoms with E-state index in [1.54, 1.807) is 6.92 Å². The summed E-state index contributed by atoms with van der Waals surface area (Å²) in [6.45, 7) is 3.51. The fraction of sp³-hybridized carbons (Fsp3) is 0.308. The van der Waals surface area contributed by atoms with E-state index in [0.29, 0.717) is 17.5 Å². The average Bonchev–Trinajstić information content (AvgIpc) is 2.29. The van der Waals surface area contributed by atoms with Crippen LogP contribution in [0.1, 0.15) is 29.3 Å². The molecule has 0 spiro atoms. The molecule has 0 saturated heterocycles. The molecule has 0 saturated carbocycles. The van der Waals surface area contributed by atoms with Gasteiger partial charge in [0.2, 0.25) is 0 Å². The number of benzene rings is 1. The summed E-state index contributed by atoms with van der Waals surface area (Å²) in [6, 6.07) is 3.95. The summed E-state index contributed by atoms with van der Waals surface area (Å²) in [6.07, 6.45) is 5.91. The van der Waals surface area contributed by atoms with Crippen molar-refractivity contribution in [1.82, 2.24) is 5.32 Å². The van der Waals surface area contributed by atoms with Crippen LogP contribution in [0.2, 0.25) is 0 Å². The first kappa shape index (κ1) is 12.3. The van der Waals surface area contributed by atoms with Crippen molar-refractivity contribution in [2.24, 2.45) is 0 Å². The number of nitrogens with one attached hydrogen (secondary N) is 1. The standard InChI is InChI=1S/C13H14FNO/c1-4-11(5-2)15-13(16)10-6-7-12(14)9(3)8-10/h1,6-8,11H,5H2,2-3H3,(H,15,16). The first-order valence-electron chi connectivity index (χ1n) is 5.11. The molecule has 1 rings (SSSR count). The highest BCUT2D eigenvalue weighted by Gasteiger charge is 2.10. The Balaban J connectivity index is 2.81. The van der Waals surface area contributed by atoms with Gasteiger partial charge in [-0.25, -0.2) is 4.39 Å². The maximum absolute atomic E-state index is 13.0. The van der Waals surface area contributed by atoms with E-state index in [1.807, 2.05) is 6.92 Å². The van der Waals surface area contributed by atoms with Crippen molar-refractivity contribution < 1.29 is 9.18 Å². The Bertz CT molecular complexity index is 434. The summed E-state index contributed by atoms with van der Waals surface area (Å²) in [5.74, 6) is 1.88. The van der Waals surface area contributed by atoms with Gasteiger partial charge in [-0.2, -0.15) is 0 Å². The van der Waals surface area contributed by atoms with Crippen LogP contribution >= 0.6 is 0 Å². The largest absolute Gasteiger partial charge is 0.338 e. The summed E-state index contributed by atoms with van der Waals surface area (Å²) in [5, 5.41) is 2.68. The van der Waals surface area contributed by atoms with Crippen LogP contribution in [0.3, 0.4) is 0 Å². The summed E-state index contributed by atoms with van der Waals surface area (Å²) in [7, 11) is 0. The van der Waals surface area contributed by atoms with Crippen LogP contribution in [0.4, 0.5) is 4.39 Å². The molecule has 0 aliphatic heterocycles. The maximum atomic E-state index is 13.0.